The maximum atomic E-state index is 14.7. The number of carbonyl (C=O) groups excluding carboxylic acids is 1. The molecule has 0 saturated heterocycles. The molecule has 0 radical (unpaired) electrons. The number of benzene rings is 2. The molecule has 0 bridgehead atoms. The number of allylic oxidation sites excluding steroid dienone is 1. The van der Waals surface area contributed by atoms with Gasteiger partial charge in [-0.05, 0) is 32.0 Å². The van der Waals surface area contributed by atoms with Crippen LogP contribution in [0.15, 0.2) is 66.1 Å². The lowest BCUT2D eigenvalue weighted by Gasteiger charge is -2.29. The van der Waals surface area contributed by atoms with Gasteiger partial charge in [-0.3, -0.25) is 4.79 Å². The monoisotopic (exact) mass is 393 g/mol. The van der Waals surface area contributed by atoms with E-state index in [4.69, 9.17) is 4.74 Å². The zero-order chi connectivity index (χ0) is 20.4. The summed E-state index contributed by atoms with van der Waals surface area (Å²) < 4.78 is 21.8. The maximum absolute atomic E-state index is 14.7. The van der Waals surface area contributed by atoms with Crippen molar-refractivity contribution in [2.75, 3.05) is 17.2 Å². The summed E-state index contributed by atoms with van der Waals surface area (Å²) in [6.07, 6.45) is 1.37. The van der Waals surface area contributed by atoms with Gasteiger partial charge in [-0.2, -0.15) is 10.1 Å². The van der Waals surface area contributed by atoms with Gasteiger partial charge in [0.05, 0.1) is 17.9 Å². The Morgan fingerprint density at radius 2 is 2.00 bits per heavy atom. The van der Waals surface area contributed by atoms with Crippen molar-refractivity contribution in [3.8, 4) is 5.75 Å². The minimum Gasteiger partial charge on any atom is -0.492 e. The molecule has 1 aromatic heterocycles. The number of fused-ring (bicyclic) bond motifs is 1. The summed E-state index contributed by atoms with van der Waals surface area (Å²) in [5, 5.41) is 10.2. The van der Waals surface area contributed by atoms with E-state index in [9.17, 15) is 9.18 Å². The van der Waals surface area contributed by atoms with Gasteiger partial charge in [0.25, 0.3) is 5.91 Å². The van der Waals surface area contributed by atoms with Gasteiger partial charge in [0.1, 0.15) is 23.9 Å². The largest absolute Gasteiger partial charge is 0.492 e. The predicted molar refractivity (Wildman–Crippen MR) is 107 cm³/mol. The Balaban J connectivity index is 1.76. The van der Waals surface area contributed by atoms with Crippen LogP contribution < -0.4 is 15.4 Å². The van der Waals surface area contributed by atoms with Crippen molar-refractivity contribution in [1.29, 1.82) is 0 Å². The lowest BCUT2D eigenvalue weighted by molar-refractivity contribution is -0.113. The molecule has 2 heterocycles. The lowest BCUT2D eigenvalue weighted by Crippen LogP contribution is -2.32. The minimum atomic E-state index is -0.755. The van der Waals surface area contributed by atoms with Gasteiger partial charge in [0, 0.05) is 11.3 Å². The first-order valence-electron chi connectivity index (χ1n) is 9.25. The number of hydrogen-bond acceptors (Lipinski definition) is 5. The zero-order valence-corrected chi connectivity index (χ0v) is 16.0. The molecule has 1 aliphatic rings. The highest BCUT2D eigenvalue weighted by atomic mass is 19.1. The van der Waals surface area contributed by atoms with Crippen LogP contribution in [0.1, 0.15) is 25.5 Å². The van der Waals surface area contributed by atoms with E-state index in [0.29, 0.717) is 40.8 Å². The summed E-state index contributed by atoms with van der Waals surface area (Å²) in [6, 6.07) is 12.8. The molecule has 0 saturated carbocycles. The molecule has 29 heavy (non-hydrogen) atoms. The topological polar surface area (TPSA) is 81.1 Å². The number of anilines is 2. The highest BCUT2D eigenvalue weighted by molar-refractivity contribution is 6.06. The molecule has 2 N–H and O–H groups in total. The van der Waals surface area contributed by atoms with Gasteiger partial charge in [-0.15, -0.1) is 0 Å². The minimum absolute atomic E-state index is 0.336. The van der Waals surface area contributed by atoms with E-state index in [2.05, 4.69) is 20.7 Å². The highest BCUT2D eigenvalue weighted by Gasteiger charge is 2.35. The van der Waals surface area contributed by atoms with Crippen molar-refractivity contribution in [2.45, 2.75) is 19.9 Å². The summed E-state index contributed by atoms with van der Waals surface area (Å²) >= 11 is 0. The van der Waals surface area contributed by atoms with Crippen molar-refractivity contribution >= 4 is 17.5 Å². The smallest absolute Gasteiger partial charge is 0.255 e. The fourth-order valence-corrected chi connectivity index (χ4v) is 3.41. The van der Waals surface area contributed by atoms with E-state index < -0.39 is 11.9 Å². The zero-order valence-electron chi connectivity index (χ0n) is 16.0. The molecule has 8 heteroatoms. The van der Waals surface area contributed by atoms with E-state index in [0.717, 1.165) is 0 Å². The molecule has 1 aliphatic heterocycles. The van der Waals surface area contributed by atoms with E-state index in [1.807, 2.05) is 19.1 Å². The molecule has 0 fully saturated rings. The molecule has 0 unspecified atom stereocenters. The Morgan fingerprint density at radius 3 is 2.79 bits per heavy atom. The number of rotatable bonds is 5. The summed E-state index contributed by atoms with van der Waals surface area (Å²) in [5.41, 5.74) is 1.80. The summed E-state index contributed by atoms with van der Waals surface area (Å²) in [4.78, 5) is 17.5. The van der Waals surface area contributed by atoms with Gasteiger partial charge < -0.3 is 15.4 Å². The second-order valence-corrected chi connectivity index (χ2v) is 6.50. The van der Waals surface area contributed by atoms with Gasteiger partial charge in [-0.1, -0.05) is 30.3 Å². The number of para-hydroxylation sites is 2. The molecule has 7 nitrogen and oxygen atoms in total. The van der Waals surface area contributed by atoms with Crippen molar-refractivity contribution in [2.24, 2.45) is 0 Å². The van der Waals surface area contributed by atoms with Crippen LogP contribution in [-0.4, -0.2) is 27.3 Å². The standard InChI is InChI=1S/C21H20FN5O2/c1-3-29-17-11-7-6-10-16(17)26-20(28)18-13(2)25-21-23-12-24-27(21)19(18)14-8-4-5-9-15(14)22/h4-12,19H,3H2,1-2H3,(H,26,28)(H,23,24,25)/t19-/m0/s1. The van der Waals surface area contributed by atoms with Crippen molar-refractivity contribution in [3.63, 3.8) is 0 Å². The Kier molecular flexibility index (Phi) is 4.99. The van der Waals surface area contributed by atoms with E-state index >= 15 is 0 Å². The van der Waals surface area contributed by atoms with E-state index in [-0.39, 0.29) is 5.91 Å². The Morgan fingerprint density at radius 1 is 1.24 bits per heavy atom. The predicted octanol–water partition coefficient (Wildman–Crippen LogP) is 3.74. The molecule has 1 atom stereocenters. The summed E-state index contributed by atoms with van der Waals surface area (Å²) in [6.45, 7) is 4.10. The average molecular weight is 393 g/mol. The third-order valence-electron chi connectivity index (χ3n) is 4.67. The number of carbonyl (C=O) groups is 1. The fourth-order valence-electron chi connectivity index (χ4n) is 3.41. The molecule has 1 amide bonds. The van der Waals surface area contributed by atoms with Gasteiger partial charge in [0.15, 0.2) is 0 Å². The summed E-state index contributed by atoms with van der Waals surface area (Å²) in [7, 11) is 0. The maximum Gasteiger partial charge on any atom is 0.255 e. The second-order valence-electron chi connectivity index (χ2n) is 6.50. The number of nitrogens with zero attached hydrogens (tertiary/aromatic N) is 3. The van der Waals surface area contributed by atoms with Crippen molar-refractivity contribution < 1.29 is 13.9 Å². The van der Waals surface area contributed by atoms with Crippen LogP contribution in [0.25, 0.3) is 0 Å². The molecule has 3 aromatic rings. The second kappa shape index (κ2) is 7.75. The number of amides is 1. The van der Waals surface area contributed by atoms with Crippen LogP contribution in [0.2, 0.25) is 0 Å². The number of nitrogens with one attached hydrogen (secondary N) is 2. The molecule has 2 aromatic carbocycles. The molecular formula is C21H20FN5O2. The third-order valence-corrected chi connectivity index (χ3v) is 4.67. The Labute approximate surface area is 167 Å². The normalized spacial score (nSPS) is 15.5. The first kappa shape index (κ1) is 18.7. The first-order chi connectivity index (χ1) is 14.1. The highest BCUT2D eigenvalue weighted by Crippen LogP contribution is 2.36. The number of ether oxygens (including phenoxy) is 1. The quantitative estimate of drug-likeness (QED) is 0.690. The van der Waals surface area contributed by atoms with Crippen molar-refractivity contribution in [3.05, 3.63) is 77.5 Å². The van der Waals surface area contributed by atoms with Gasteiger partial charge in [0.2, 0.25) is 5.95 Å². The fraction of sp³-hybridized carbons (Fsp3) is 0.190. The van der Waals surface area contributed by atoms with Crippen LogP contribution in [0.3, 0.4) is 0 Å². The lowest BCUT2D eigenvalue weighted by atomic mass is 9.94. The first-order valence-corrected chi connectivity index (χ1v) is 9.25. The average Bonchev–Trinajstić information content (AvgIpc) is 3.17. The van der Waals surface area contributed by atoms with Crippen LogP contribution in [0.4, 0.5) is 16.0 Å². The van der Waals surface area contributed by atoms with Crippen molar-refractivity contribution in [1.82, 2.24) is 14.8 Å². The van der Waals surface area contributed by atoms with Crippen LogP contribution >= 0.6 is 0 Å². The van der Waals surface area contributed by atoms with E-state index in [1.165, 1.54) is 17.1 Å². The molecule has 4 rings (SSSR count). The molecule has 0 spiro atoms. The number of aromatic nitrogens is 3. The molecule has 0 aliphatic carbocycles. The molecule has 148 valence electrons. The molecular weight excluding hydrogens is 373 g/mol. The van der Waals surface area contributed by atoms with Gasteiger partial charge >= 0.3 is 0 Å². The van der Waals surface area contributed by atoms with Crippen LogP contribution in [0.5, 0.6) is 5.75 Å². The Bertz CT molecular complexity index is 1090. The SMILES string of the molecule is CCOc1ccccc1NC(=O)C1=C(C)Nc2ncnn2[C@H]1c1ccccc1F. The van der Waals surface area contributed by atoms with Crippen LogP contribution in [0, 0.1) is 5.82 Å². The third kappa shape index (κ3) is 3.44. The Hall–Kier alpha value is -3.68. The number of hydrogen-bond donors (Lipinski definition) is 2. The van der Waals surface area contributed by atoms with Crippen LogP contribution in [-0.2, 0) is 4.79 Å². The van der Waals surface area contributed by atoms with Gasteiger partial charge in [-0.25, -0.2) is 9.07 Å². The van der Waals surface area contributed by atoms with E-state index in [1.54, 1.807) is 37.3 Å². The summed E-state index contributed by atoms with van der Waals surface area (Å²) in [5.74, 6) is 0.210. The number of halogens is 1.